The molecule has 1 N–H and O–H groups in total. The number of hydrogen-bond donors (Lipinski definition) is 1. The fourth-order valence-electron chi connectivity index (χ4n) is 4.42. The second kappa shape index (κ2) is 7.93. The molecule has 0 unspecified atom stereocenters. The highest BCUT2D eigenvalue weighted by Crippen LogP contribution is 2.39. The maximum atomic E-state index is 13.4. The Kier molecular flexibility index (Phi) is 5.39. The van der Waals surface area contributed by atoms with Gasteiger partial charge in [-0.2, -0.15) is 0 Å². The molecule has 2 fully saturated rings. The van der Waals surface area contributed by atoms with Crippen molar-refractivity contribution in [3.05, 3.63) is 71.8 Å². The largest absolute Gasteiger partial charge is 0.384 e. The van der Waals surface area contributed by atoms with E-state index in [4.69, 9.17) is 4.74 Å². The van der Waals surface area contributed by atoms with Gasteiger partial charge in [0, 0.05) is 31.8 Å². The number of carbonyl (C=O) groups excluding carboxylic acids is 1. The average molecular weight is 365 g/mol. The molecule has 0 radical (unpaired) electrons. The molecular weight excluding hydrogens is 338 g/mol. The molecular formula is C23H27NO3. The van der Waals surface area contributed by atoms with Crippen LogP contribution < -0.4 is 0 Å². The Bertz CT molecular complexity index is 758. The molecule has 0 aliphatic carbocycles. The molecule has 2 heterocycles. The molecule has 0 aromatic heterocycles. The first-order chi connectivity index (χ1) is 13.2. The zero-order valence-corrected chi connectivity index (χ0v) is 15.6. The lowest BCUT2D eigenvalue weighted by Gasteiger charge is -2.44. The Morgan fingerprint density at radius 2 is 1.81 bits per heavy atom. The van der Waals surface area contributed by atoms with Gasteiger partial charge in [-0.25, -0.2) is 0 Å². The van der Waals surface area contributed by atoms with Crippen molar-refractivity contribution in [3.63, 3.8) is 0 Å². The first kappa shape index (κ1) is 18.4. The number of ketones is 1. The van der Waals surface area contributed by atoms with E-state index in [1.807, 2.05) is 60.7 Å². The molecule has 142 valence electrons. The summed E-state index contributed by atoms with van der Waals surface area (Å²) in [4.78, 5) is 15.6. The van der Waals surface area contributed by atoms with Gasteiger partial charge in [-0.05, 0) is 24.8 Å². The topological polar surface area (TPSA) is 49.8 Å². The lowest BCUT2D eigenvalue weighted by Crippen LogP contribution is -2.54. The third kappa shape index (κ3) is 3.84. The molecule has 4 heteroatoms. The highest BCUT2D eigenvalue weighted by molar-refractivity contribution is 5.99. The number of hydrogen-bond acceptors (Lipinski definition) is 4. The van der Waals surface area contributed by atoms with Crippen molar-refractivity contribution in [1.29, 1.82) is 0 Å². The van der Waals surface area contributed by atoms with E-state index in [0.29, 0.717) is 18.5 Å². The molecule has 2 aromatic rings. The number of Topliss-reactive ketones (excluding diaryl/α,β-unsaturated/α-hetero) is 1. The molecule has 4 nitrogen and oxygen atoms in total. The molecule has 2 saturated heterocycles. The van der Waals surface area contributed by atoms with Crippen LogP contribution in [0.25, 0.3) is 0 Å². The molecule has 0 bridgehead atoms. The zero-order valence-electron chi connectivity index (χ0n) is 15.6. The van der Waals surface area contributed by atoms with Crippen molar-refractivity contribution in [2.75, 3.05) is 26.2 Å². The number of ether oxygens (including phenoxy) is 1. The summed E-state index contributed by atoms with van der Waals surface area (Å²) in [7, 11) is 0. The normalized spacial score (nSPS) is 28.9. The molecule has 3 atom stereocenters. The van der Waals surface area contributed by atoms with Crippen LogP contribution in [0.3, 0.4) is 0 Å². The second-order valence-corrected chi connectivity index (χ2v) is 7.72. The van der Waals surface area contributed by atoms with Crippen molar-refractivity contribution in [2.45, 2.75) is 31.0 Å². The third-order valence-corrected chi connectivity index (χ3v) is 5.96. The summed E-state index contributed by atoms with van der Waals surface area (Å²) in [6.45, 7) is 2.99. The van der Waals surface area contributed by atoms with Gasteiger partial charge < -0.3 is 9.84 Å². The number of likely N-dealkylation sites (tertiary alicyclic amines) is 1. The van der Waals surface area contributed by atoms with E-state index < -0.39 is 11.5 Å². The lowest BCUT2D eigenvalue weighted by atomic mass is 9.72. The van der Waals surface area contributed by atoms with E-state index in [0.717, 1.165) is 38.1 Å². The maximum Gasteiger partial charge on any atom is 0.170 e. The van der Waals surface area contributed by atoms with Gasteiger partial charge in [-0.15, -0.1) is 0 Å². The third-order valence-electron chi connectivity index (χ3n) is 5.96. The molecule has 0 amide bonds. The summed E-state index contributed by atoms with van der Waals surface area (Å²) in [6, 6.07) is 19.0. The number of rotatable bonds is 5. The van der Waals surface area contributed by atoms with Gasteiger partial charge in [-0.3, -0.25) is 9.69 Å². The number of carbonyl (C=O) groups is 1. The predicted molar refractivity (Wildman–Crippen MR) is 105 cm³/mol. The van der Waals surface area contributed by atoms with Crippen LogP contribution in [-0.4, -0.2) is 48.1 Å². The first-order valence-electron chi connectivity index (χ1n) is 9.88. The lowest BCUT2D eigenvalue weighted by molar-refractivity contribution is -0.0711. The standard InChI is InChI=1S/C23H27NO3/c25-22(18-8-3-1-4-9-18)21-17-24(16-20-12-7-15-27-20)14-13-23(21,26)19-10-5-2-6-11-19/h1-6,8-11,20-21,26H,7,12-17H2/t20-,21+,23+/m0/s1. The monoisotopic (exact) mass is 365 g/mol. The predicted octanol–water partition coefficient (Wildman–Crippen LogP) is 3.26. The summed E-state index contributed by atoms with van der Waals surface area (Å²) in [6.07, 6.45) is 2.99. The van der Waals surface area contributed by atoms with Crippen LogP contribution in [0.15, 0.2) is 60.7 Å². The fourth-order valence-corrected chi connectivity index (χ4v) is 4.42. The van der Waals surface area contributed by atoms with Crippen LogP contribution in [0.2, 0.25) is 0 Å². The molecule has 0 spiro atoms. The molecule has 4 rings (SSSR count). The van der Waals surface area contributed by atoms with E-state index in [9.17, 15) is 9.90 Å². The van der Waals surface area contributed by atoms with E-state index in [2.05, 4.69) is 4.90 Å². The molecule has 27 heavy (non-hydrogen) atoms. The zero-order chi connectivity index (χ0) is 18.7. The van der Waals surface area contributed by atoms with Crippen LogP contribution >= 0.6 is 0 Å². The Balaban J connectivity index is 1.61. The quantitative estimate of drug-likeness (QED) is 0.827. The van der Waals surface area contributed by atoms with Gasteiger partial charge in [-0.1, -0.05) is 60.7 Å². The minimum absolute atomic E-state index is 0.0130. The Hall–Kier alpha value is -2.01. The Morgan fingerprint density at radius 1 is 1.11 bits per heavy atom. The summed E-state index contributed by atoms with van der Waals surface area (Å²) in [5, 5.41) is 11.6. The summed E-state index contributed by atoms with van der Waals surface area (Å²) >= 11 is 0. The van der Waals surface area contributed by atoms with Crippen LogP contribution in [0.5, 0.6) is 0 Å². The van der Waals surface area contributed by atoms with Crippen molar-refractivity contribution < 1.29 is 14.6 Å². The maximum absolute atomic E-state index is 13.4. The summed E-state index contributed by atoms with van der Waals surface area (Å²) in [5.41, 5.74) is 0.355. The molecule has 2 aromatic carbocycles. The Labute approximate surface area is 160 Å². The minimum Gasteiger partial charge on any atom is -0.384 e. The van der Waals surface area contributed by atoms with E-state index in [-0.39, 0.29) is 11.9 Å². The SMILES string of the molecule is O=C(c1ccccc1)[C@H]1CN(C[C@@H]2CCCO2)CC[C@@]1(O)c1ccccc1. The highest BCUT2D eigenvalue weighted by atomic mass is 16.5. The van der Waals surface area contributed by atoms with Crippen LogP contribution in [0, 0.1) is 5.92 Å². The minimum atomic E-state index is -1.14. The van der Waals surface area contributed by atoms with Crippen molar-refractivity contribution in [1.82, 2.24) is 4.90 Å². The number of benzene rings is 2. The van der Waals surface area contributed by atoms with Gasteiger partial charge in [0.15, 0.2) is 5.78 Å². The van der Waals surface area contributed by atoms with Crippen LogP contribution in [0.4, 0.5) is 0 Å². The average Bonchev–Trinajstić information content (AvgIpc) is 3.23. The van der Waals surface area contributed by atoms with Crippen LogP contribution in [0.1, 0.15) is 35.2 Å². The van der Waals surface area contributed by atoms with Crippen molar-refractivity contribution in [2.24, 2.45) is 5.92 Å². The van der Waals surface area contributed by atoms with Gasteiger partial charge in [0.1, 0.15) is 5.60 Å². The van der Waals surface area contributed by atoms with Crippen LogP contribution in [-0.2, 0) is 10.3 Å². The van der Waals surface area contributed by atoms with Gasteiger partial charge in [0.25, 0.3) is 0 Å². The fraction of sp³-hybridized carbons (Fsp3) is 0.435. The Morgan fingerprint density at radius 3 is 2.48 bits per heavy atom. The molecule has 0 saturated carbocycles. The number of piperidine rings is 1. The van der Waals surface area contributed by atoms with E-state index in [1.165, 1.54) is 0 Å². The molecule has 2 aliphatic rings. The smallest absolute Gasteiger partial charge is 0.170 e. The number of aliphatic hydroxyl groups is 1. The summed E-state index contributed by atoms with van der Waals surface area (Å²) in [5.74, 6) is -0.476. The summed E-state index contributed by atoms with van der Waals surface area (Å²) < 4.78 is 5.78. The molecule has 2 aliphatic heterocycles. The van der Waals surface area contributed by atoms with Gasteiger partial charge in [0.2, 0.25) is 0 Å². The second-order valence-electron chi connectivity index (χ2n) is 7.72. The highest BCUT2D eigenvalue weighted by Gasteiger charge is 2.47. The van der Waals surface area contributed by atoms with Crippen molar-refractivity contribution in [3.8, 4) is 0 Å². The first-order valence-corrected chi connectivity index (χ1v) is 9.88. The van der Waals surface area contributed by atoms with Gasteiger partial charge in [0.05, 0.1) is 12.0 Å². The van der Waals surface area contributed by atoms with Gasteiger partial charge >= 0.3 is 0 Å². The van der Waals surface area contributed by atoms with E-state index in [1.54, 1.807) is 0 Å². The number of nitrogens with zero attached hydrogens (tertiary/aromatic N) is 1. The van der Waals surface area contributed by atoms with Crippen molar-refractivity contribution >= 4 is 5.78 Å². The van der Waals surface area contributed by atoms with E-state index >= 15 is 0 Å².